The number of nitrogens with one attached hydrogen (secondary N) is 2. The molecular weight excluding hydrogens is 293 g/mol. The second-order valence-corrected chi connectivity index (χ2v) is 6.72. The summed E-state index contributed by atoms with van der Waals surface area (Å²) < 4.78 is 14.2. The first kappa shape index (κ1) is 14.7. The zero-order chi connectivity index (χ0) is 15.8. The number of carbonyl (C=O) groups is 1. The van der Waals surface area contributed by atoms with E-state index in [0.29, 0.717) is 18.0 Å². The van der Waals surface area contributed by atoms with Crippen molar-refractivity contribution in [3.63, 3.8) is 0 Å². The van der Waals surface area contributed by atoms with Crippen LogP contribution in [0.25, 0.3) is 10.9 Å². The molecule has 1 amide bonds. The van der Waals surface area contributed by atoms with E-state index < -0.39 is 0 Å². The summed E-state index contributed by atoms with van der Waals surface area (Å²) >= 11 is 0. The van der Waals surface area contributed by atoms with E-state index in [-0.39, 0.29) is 17.6 Å². The quantitative estimate of drug-likeness (QED) is 0.911. The van der Waals surface area contributed by atoms with E-state index in [1.165, 1.54) is 6.07 Å². The predicted molar refractivity (Wildman–Crippen MR) is 87.4 cm³/mol. The molecule has 2 aromatic rings. The molecular formula is C18H22FN3O. The Kier molecular flexibility index (Phi) is 3.81. The van der Waals surface area contributed by atoms with Gasteiger partial charge in [0.2, 0.25) is 5.91 Å². The van der Waals surface area contributed by atoms with Crippen molar-refractivity contribution < 1.29 is 9.18 Å². The number of carbonyl (C=O) groups excluding carboxylic acids is 1. The highest BCUT2D eigenvalue weighted by Crippen LogP contribution is 2.32. The van der Waals surface area contributed by atoms with Gasteiger partial charge in [-0.1, -0.05) is 6.07 Å². The summed E-state index contributed by atoms with van der Waals surface area (Å²) in [5.74, 6) is 0.0751. The molecule has 1 atom stereocenters. The van der Waals surface area contributed by atoms with Gasteiger partial charge in [-0.25, -0.2) is 4.39 Å². The molecule has 4 nitrogen and oxygen atoms in total. The SMILES string of the molecule is O=C(C1CCCNC1)N(Cc1c[nH]c2cccc(F)c12)C1CC1. The van der Waals surface area contributed by atoms with Crippen molar-refractivity contribution in [3.05, 3.63) is 35.8 Å². The van der Waals surface area contributed by atoms with Crippen LogP contribution in [0.1, 0.15) is 31.2 Å². The molecule has 0 bridgehead atoms. The third kappa shape index (κ3) is 2.85. The summed E-state index contributed by atoms with van der Waals surface area (Å²) in [5.41, 5.74) is 1.67. The van der Waals surface area contributed by atoms with Crippen LogP contribution in [0.5, 0.6) is 0 Å². The number of hydrogen-bond acceptors (Lipinski definition) is 2. The van der Waals surface area contributed by atoms with Crippen molar-refractivity contribution in [2.24, 2.45) is 5.92 Å². The normalized spacial score (nSPS) is 21.5. The molecule has 2 fully saturated rings. The molecule has 5 heteroatoms. The number of hydrogen-bond donors (Lipinski definition) is 2. The van der Waals surface area contributed by atoms with Crippen molar-refractivity contribution in [2.45, 2.75) is 38.3 Å². The highest BCUT2D eigenvalue weighted by Gasteiger charge is 2.36. The number of nitrogens with zero attached hydrogens (tertiary/aromatic N) is 1. The van der Waals surface area contributed by atoms with Crippen molar-refractivity contribution >= 4 is 16.8 Å². The summed E-state index contributed by atoms with van der Waals surface area (Å²) in [6.45, 7) is 2.27. The van der Waals surface area contributed by atoms with E-state index in [0.717, 1.165) is 49.9 Å². The lowest BCUT2D eigenvalue weighted by Gasteiger charge is -2.29. The van der Waals surface area contributed by atoms with Crippen molar-refractivity contribution in [2.75, 3.05) is 13.1 Å². The zero-order valence-corrected chi connectivity index (χ0v) is 13.1. The number of rotatable bonds is 4. The van der Waals surface area contributed by atoms with Crippen molar-refractivity contribution in [1.29, 1.82) is 0 Å². The van der Waals surface area contributed by atoms with Gasteiger partial charge in [0.25, 0.3) is 0 Å². The minimum absolute atomic E-state index is 0.0689. The minimum Gasteiger partial charge on any atom is -0.361 e. The molecule has 1 saturated carbocycles. The van der Waals surface area contributed by atoms with Crippen LogP contribution in [0.3, 0.4) is 0 Å². The lowest BCUT2D eigenvalue weighted by atomic mass is 9.97. The standard InChI is InChI=1S/C18H22FN3O/c19-15-4-1-5-16-17(15)13(10-21-16)11-22(14-6-7-14)18(23)12-3-2-8-20-9-12/h1,4-5,10,12,14,20-21H,2-3,6-9,11H2. The number of halogens is 1. The number of piperidine rings is 1. The Bertz CT molecular complexity index is 716. The second kappa shape index (κ2) is 5.96. The van der Waals surface area contributed by atoms with E-state index in [1.54, 1.807) is 6.07 Å². The number of fused-ring (bicyclic) bond motifs is 1. The topological polar surface area (TPSA) is 48.1 Å². The van der Waals surface area contributed by atoms with Gasteiger partial charge in [0.05, 0.1) is 5.92 Å². The van der Waals surface area contributed by atoms with Crippen LogP contribution in [-0.4, -0.2) is 34.9 Å². The van der Waals surface area contributed by atoms with E-state index in [1.807, 2.05) is 17.2 Å². The molecule has 0 spiro atoms. The third-order valence-electron chi connectivity index (χ3n) is 4.99. The van der Waals surface area contributed by atoms with Gasteiger partial charge < -0.3 is 15.2 Å². The minimum atomic E-state index is -0.221. The van der Waals surface area contributed by atoms with Gasteiger partial charge in [-0.3, -0.25) is 4.79 Å². The van der Waals surface area contributed by atoms with Gasteiger partial charge in [0.15, 0.2) is 0 Å². The first-order chi connectivity index (χ1) is 11.2. The Morgan fingerprint density at radius 2 is 2.17 bits per heavy atom. The highest BCUT2D eigenvalue weighted by molar-refractivity contribution is 5.85. The molecule has 1 aliphatic heterocycles. The Hall–Kier alpha value is -1.88. The van der Waals surface area contributed by atoms with Gasteiger partial charge in [-0.15, -0.1) is 0 Å². The molecule has 1 saturated heterocycles. The maximum atomic E-state index is 14.2. The summed E-state index contributed by atoms with van der Waals surface area (Å²) in [7, 11) is 0. The van der Waals surface area contributed by atoms with Crippen LogP contribution >= 0.6 is 0 Å². The highest BCUT2D eigenvalue weighted by atomic mass is 19.1. The number of H-pyrrole nitrogens is 1. The average molecular weight is 315 g/mol. The number of aromatic nitrogens is 1. The van der Waals surface area contributed by atoms with Gasteiger partial charge in [-0.2, -0.15) is 0 Å². The first-order valence-corrected chi connectivity index (χ1v) is 8.49. The fraction of sp³-hybridized carbons (Fsp3) is 0.500. The number of amides is 1. The van der Waals surface area contributed by atoms with Crippen LogP contribution in [0.2, 0.25) is 0 Å². The van der Waals surface area contributed by atoms with Crippen LogP contribution in [0.4, 0.5) is 4.39 Å². The fourth-order valence-corrected chi connectivity index (χ4v) is 3.59. The Morgan fingerprint density at radius 1 is 1.30 bits per heavy atom. The molecule has 23 heavy (non-hydrogen) atoms. The summed E-state index contributed by atoms with van der Waals surface area (Å²) in [6.07, 6.45) is 5.98. The van der Waals surface area contributed by atoms with Crippen molar-refractivity contribution in [1.82, 2.24) is 15.2 Å². The molecule has 1 unspecified atom stereocenters. The summed E-state index contributed by atoms with van der Waals surface area (Å²) in [6, 6.07) is 5.39. The number of aromatic amines is 1. The van der Waals surface area contributed by atoms with Gasteiger partial charge in [0.1, 0.15) is 5.82 Å². The first-order valence-electron chi connectivity index (χ1n) is 8.49. The Morgan fingerprint density at radius 3 is 2.91 bits per heavy atom. The lowest BCUT2D eigenvalue weighted by Crippen LogP contribution is -2.43. The maximum Gasteiger partial charge on any atom is 0.227 e. The maximum absolute atomic E-state index is 14.2. The fourth-order valence-electron chi connectivity index (χ4n) is 3.59. The van der Waals surface area contributed by atoms with Gasteiger partial charge >= 0.3 is 0 Å². The molecule has 1 aromatic carbocycles. The smallest absolute Gasteiger partial charge is 0.227 e. The van der Waals surface area contributed by atoms with E-state index >= 15 is 0 Å². The third-order valence-corrected chi connectivity index (χ3v) is 4.99. The van der Waals surface area contributed by atoms with Crippen molar-refractivity contribution in [3.8, 4) is 0 Å². The number of benzene rings is 1. The van der Waals surface area contributed by atoms with Gasteiger partial charge in [-0.05, 0) is 49.9 Å². The molecule has 1 aromatic heterocycles. The molecule has 2 N–H and O–H groups in total. The molecule has 1 aliphatic carbocycles. The van der Waals surface area contributed by atoms with Crippen LogP contribution in [0.15, 0.2) is 24.4 Å². The van der Waals surface area contributed by atoms with E-state index in [4.69, 9.17) is 0 Å². The molecule has 2 aliphatic rings. The Balaban J connectivity index is 1.59. The Labute approximate surface area is 135 Å². The molecule has 122 valence electrons. The summed E-state index contributed by atoms with van der Waals surface area (Å²) in [5, 5.41) is 3.93. The van der Waals surface area contributed by atoms with E-state index in [2.05, 4.69) is 10.3 Å². The van der Waals surface area contributed by atoms with E-state index in [9.17, 15) is 9.18 Å². The van der Waals surface area contributed by atoms with Crippen LogP contribution in [0, 0.1) is 11.7 Å². The van der Waals surface area contributed by atoms with Crippen LogP contribution in [-0.2, 0) is 11.3 Å². The molecule has 4 rings (SSSR count). The second-order valence-electron chi connectivity index (χ2n) is 6.72. The molecule has 2 heterocycles. The molecule has 0 radical (unpaired) electrons. The summed E-state index contributed by atoms with van der Waals surface area (Å²) in [4.78, 5) is 18.0. The van der Waals surface area contributed by atoms with Crippen LogP contribution < -0.4 is 5.32 Å². The average Bonchev–Trinajstić information content (AvgIpc) is 3.34. The predicted octanol–water partition coefficient (Wildman–Crippen LogP) is 2.80. The monoisotopic (exact) mass is 315 g/mol. The lowest BCUT2D eigenvalue weighted by molar-refractivity contribution is -0.137. The largest absolute Gasteiger partial charge is 0.361 e. The zero-order valence-electron chi connectivity index (χ0n) is 13.1. The van der Waals surface area contributed by atoms with Gasteiger partial charge in [0, 0.05) is 36.2 Å².